The zero-order valence-electron chi connectivity index (χ0n) is 14.4. The third-order valence-electron chi connectivity index (χ3n) is 3.67. The second kappa shape index (κ2) is 9.05. The van der Waals surface area contributed by atoms with Crippen LogP contribution in [0.15, 0.2) is 82.4 Å². The number of benzene rings is 3. The van der Waals surface area contributed by atoms with Crippen LogP contribution in [0.25, 0.3) is 0 Å². The van der Waals surface area contributed by atoms with Crippen LogP contribution in [0, 0.1) is 5.82 Å². The van der Waals surface area contributed by atoms with Crippen LogP contribution in [-0.4, -0.2) is 18.1 Å². The molecule has 3 aromatic rings. The minimum atomic E-state index is -0.688. The van der Waals surface area contributed by atoms with Gasteiger partial charge in [0.15, 0.2) is 0 Å². The zero-order valence-corrected chi connectivity index (χ0v) is 16.0. The third kappa shape index (κ3) is 4.89. The van der Waals surface area contributed by atoms with E-state index in [0.29, 0.717) is 11.1 Å². The van der Waals surface area contributed by atoms with Crippen molar-refractivity contribution in [3.05, 3.63) is 99.8 Å². The number of nitrogens with one attached hydrogen (secondary N) is 1. The number of hydrazone groups is 1. The molecular weight excluding hydrogens is 427 g/mol. The molecule has 0 unspecified atom stereocenters. The summed E-state index contributed by atoms with van der Waals surface area (Å²) < 4.78 is 19.8. The molecule has 0 spiro atoms. The van der Waals surface area contributed by atoms with E-state index in [-0.39, 0.29) is 11.3 Å². The van der Waals surface area contributed by atoms with E-state index >= 15 is 0 Å². The lowest BCUT2D eigenvalue weighted by atomic mass is 10.2. The molecule has 0 bridgehead atoms. The Morgan fingerprint density at radius 2 is 1.71 bits per heavy atom. The van der Waals surface area contributed by atoms with Gasteiger partial charge in [0.2, 0.25) is 0 Å². The first kappa shape index (κ1) is 19.4. The van der Waals surface area contributed by atoms with Crippen molar-refractivity contribution < 1.29 is 18.7 Å². The molecule has 1 amide bonds. The van der Waals surface area contributed by atoms with Crippen molar-refractivity contribution in [2.24, 2.45) is 5.10 Å². The summed E-state index contributed by atoms with van der Waals surface area (Å²) in [6.45, 7) is 0. The minimum absolute atomic E-state index is 0.121. The Balaban J connectivity index is 1.75. The predicted octanol–water partition coefficient (Wildman–Crippen LogP) is 4.57. The summed E-state index contributed by atoms with van der Waals surface area (Å²) in [5, 5.41) is 3.84. The monoisotopic (exact) mass is 440 g/mol. The fraction of sp³-hybridized carbons (Fsp3) is 0. The Morgan fingerprint density at radius 1 is 1.00 bits per heavy atom. The number of nitrogens with zero attached hydrogens (tertiary/aromatic N) is 1. The average molecular weight is 441 g/mol. The lowest BCUT2D eigenvalue weighted by Crippen LogP contribution is -2.19. The first-order valence-electron chi connectivity index (χ1n) is 8.19. The summed E-state index contributed by atoms with van der Waals surface area (Å²) in [6.07, 6.45) is 1.32. The molecule has 0 aliphatic carbocycles. The summed E-state index contributed by atoms with van der Waals surface area (Å²) in [6, 6.07) is 19.1. The average Bonchev–Trinajstić information content (AvgIpc) is 2.70. The van der Waals surface area contributed by atoms with Crippen LogP contribution >= 0.6 is 15.9 Å². The molecule has 140 valence electrons. The standard InChI is InChI=1S/C21H14BrFN2O3/c22-16-10-11-19(28-21(27)14-6-2-1-3-7-14)15(12-16)13-24-25-20(26)17-8-4-5-9-18(17)23/h1-13H,(H,25,26)/b24-13+. The number of carbonyl (C=O) groups excluding carboxylic acids is 2. The molecule has 0 aliphatic heterocycles. The summed E-state index contributed by atoms with van der Waals surface area (Å²) >= 11 is 3.34. The van der Waals surface area contributed by atoms with Crippen LogP contribution in [0.3, 0.4) is 0 Å². The smallest absolute Gasteiger partial charge is 0.343 e. The Hall–Kier alpha value is -3.32. The van der Waals surface area contributed by atoms with E-state index in [1.54, 1.807) is 54.6 Å². The highest BCUT2D eigenvalue weighted by atomic mass is 79.9. The highest BCUT2D eigenvalue weighted by Crippen LogP contribution is 2.23. The third-order valence-corrected chi connectivity index (χ3v) is 4.17. The van der Waals surface area contributed by atoms with Gasteiger partial charge in [-0.15, -0.1) is 0 Å². The lowest BCUT2D eigenvalue weighted by molar-refractivity contribution is 0.0734. The van der Waals surface area contributed by atoms with Crippen LogP contribution in [0.1, 0.15) is 26.3 Å². The van der Waals surface area contributed by atoms with Gasteiger partial charge in [-0.3, -0.25) is 4.79 Å². The van der Waals surface area contributed by atoms with Gasteiger partial charge in [0, 0.05) is 10.0 Å². The maximum atomic E-state index is 13.6. The number of amides is 1. The van der Waals surface area contributed by atoms with Crippen LogP contribution in [0.4, 0.5) is 4.39 Å². The Labute approximate surface area is 169 Å². The topological polar surface area (TPSA) is 67.8 Å². The second-order valence-corrected chi connectivity index (χ2v) is 6.53. The fourth-order valence-electron chi connectivity index (χ4n) is 2.31. The minimum Gasteiger partial charge on any atom is -0.422 e. The largest absolute Gasteiger partial charge is 0.422 e. The quantitative estimate of drug-likeness (QED) is 0.273. The molecule has 7 heteroatoms. The van der Waals surface area contributed by atoms with Crippen molar-refractivity contribution in [3.8, 4) is 5.75 Å². The van der Waals surface area contributed by atoms with Gasteiger partial charge in [0.25, 0.3) is 5.91 Å². The highest BCUT2D eigenvalue weighted by molar-refractivity contribution is 9.10. The molecule has 0 radical (unpaired) electrons. The van der Waals surface area contributed by atoms with Crippen molar-refractivity contribution in [2.45, 2.75) is 0 Å². The van der Waals surface area contributed by atoms with Gasteiger partial charge >= 0.3 is 5.97 Å². The van der Waals surface area contributed by atoms with Crippen molar-refractivity contribution in [3.63, 3.8) is 0 Å². The first-order valence-corrected chi connectivity index (χ1v) is 8.98. The molecule has 1 N–H and O–H groups in total. The number of esters is 1. The van der Waals surface area contributed by atoms with Gasteiger partial charge in [-0.05, 0) is 42.5 Å². The summed E-state index contributed by atoms with van der Waals surface area (Å²) in [4.78, 5) is 24.3. The molecule has 0 heterocycles. The molecule has 0 aromatic heterocycles. The Kier molecular flexibility index (Phi) is 6.29. The summed E-state index contributed by atoms with van der Waals surface area (Å²) in [5.41, 5.74) is 2.99. The van der Waals surface area contributed by atoms with Crippen LogP contribution in [-0.2, 0) is 0 Å². The van der Waals surface area contributed by atoms with E-state index in [2.05, 4.69) is 26.5 Å². The van der Waals surface area contributed by atoms with E-state index < -0.39 is 17.7 Å². The van der Waals surface area contributed by atoms with Gasteiger partial charge in [-0.2, -0.15) is 5.10 Å². The van der Waals surface area contributed by atoms with E-state index in [1.807, 2.05) is 0 Å². The van der Waals surface area contributed by atoms with E-state index in [0.717, 1.165) is 4.47 Å². The van der Waals surface area contributed by atoms with Gasteiger partial charge < -0.3 is 4.74 Å². The molecule has 0 saturated heterocycles. The molecule has 3 aromatic carbocycles. The van der Waals surface area contributed by atoms with E-state index in [1.165, 1.54) is 24.4 Å². The van der Waals surface area contributed by atoms with Gasteiger partial charge in [0.05, 0.1) is 17.3 Å². The normalized spacial score (nSPS) is 10.6. The SMILES string of the molecule is O=C(Oc1ccc(Br)cc1/C=N/NC(=O)c1ccccc1F)c1ccccc1. The van der Waals surface area contributed by atoms with E-state index in [9.17, 15) is 14.0 Å². The lowest BCUT2D eigenvalue weighted by Gasteiger charge is -2.08. The number of carbonyl (C=O) groups is 2. The molecular formula is C21H14BrFN2O3. The summed E-state index contributed by atoms with van der Waals surface area (Å²) in [5.74, 6) is -1.59. The molecule has 0 saturated carbocycles. The fourth-order valence-corrected chi connectivity index (χ4v) is 2.69. The van der Waals surface area contributed by atoms with Crippen LogP contribution in [0.5, 0.6) is 5.75 Å². The molecule has 0 fully saturated rings. The van der Waals surface area contributed by atoms with Crippen molar-refractivity contribution >= 4 is 34.0 Å². The molecule has 28 heavy (non-hydrogen) atoms. The summed E-state index contributed by atoms with van der Waals surface area (Å²) in [7, 11) is 0. The van der Waals surface area contributed by atoms with Crippen LogP contribution < -0.4 is 10.2 Å². The Morgan fingerprint density at radius 3 is 2.46 bits per heavy atom. The molecule has 0 aliphatic rings. The van der Waals surface area contributed by atoms with Gasteiger partial charge in [-0.1, -0.05) is 46.3 Å². The molecule has 0 atom stereocenters. The first-order chi connectivity index (χ1) is 13.5. The molecule has 5 nitrogen and oxygen atoms in total. The van der Waals surface area contributed by atoms with Crippen molar-refractivity contribution in [1.82, 2.24) is 5.43 Å². The second-order valence-electron chi connectivity index (χ2n) is 5.62. The van der Waals surface area contributed by atoms with Crippen LogP contribution in [0.2, 0.25) is 0 Å². The highest BCUT2D eigenvalue weighted by Gasteiger charge is 2.12. The Bertz CT molecular complexity index is 1040. The zero-order chi connectivity index (χ0) is 19.9. The maximum absolute atomic E-state index is 13.6. The van der Waals surface area contributed by atoms with Gasteiger partial charge in [-0.25, -0.2) is 14.6 Å². The van der Waals surface area contributed by atoms with Crippen molar-refractivity contribution in [2.75, 3.05) is 0 Å². The van der Waals surface area contributed by atoms with Gasteiger partial charge in [0.1, 0.15) is 11.6 Å². The van der Waals surface area contributed by atoms with E-state index in [4.69, 9.17) is 4.74 Å². The number of halogens is 2. The predicted molar refractivity (Wildman–Crippen MR) is 107 cm³/mol. The van der Waals surface area contributed by atoms with Crippen molar-refractivity contribution in [1.29, 1.82) is 0 Å². The maximum Gasteiger partial charge on any atom is 0.343 e. The number of hydrogen-bond donors (Lipinski definition) is 1. The molecule has 3 rings (SSSR count). The number of rotatable bonds is 5. The number of hydrogen-bond acceptors (Lipinski definition) is 4. The number of ether oxygens (including phenoxy) is 1.